The highest BCUT2D eigenvalue weighted by Gasteiger charge is 2.22. The van der Waals surface area contributed by atoms with E-state index in [4.69, 9.17) is 16.6 Å². The Hall–Kier alpha value is -1.53. The minimum absolute atomic E-state index is 0.358. The van der Waals surface area contributed by atoms with Crippen LogP contribution in [-0.4, -0.2) is 15.4 Å². The number of hydrogen-bond acceptors (Lipinski definition) is 2. The van der Waals surface area contributed by atoms with E-state index < -0.39 is 0 Å². The van der Waals surface area contributed by atoms with E-state index in [9.17, 15) is 5.26 Å². The fourth-order valence-corrected chi connectivity index (χ4v) is 3.32. The Morgan fingerprint density at radius 3 is 2.62 bits per heavy atom. The highest BCUT2D eigenvalue weighted by atomic mass is 35.5. The Morgan fingerprint density at radius 1 is 1.33 bits per heavy atom. The summed E-state index contributed by atoms with van der Waals surface area (Å²) in [5.74, 6) is 2.13. The summed E-state index contributed by atoms with van der Waals surface area (Å²) in [5.41, 5.74) is 2.49. The number of hydrogen-bond donors (Lipinski definition) is 0. The average Bonchev–Trinajstić information content (AvgIpc) is 2.86. The van der Waals surface area contributed by atoms with E-state index in [0.717, 1.165) is 36.1 Å². The second kappa shape index (κ2) is 6.95. The fourth-order valence-electron chi connectivity index (χ4n) is 3.15. The van der Waals surface area contributed by atoms with E-state index in [1.165, 1.54) is 0 Å². The van der Waals surface area contributed by atoms with E-state index in [0.29, 0.717) is 23.4 Å². The van der Waals surface area contributed by atoms with Gasteiger partial charge in [-0.3, -0.25) is 0 Å². The van der Waals surface area contributed by atoms with Crippen molar-refractivity contribution >= 4 is 22.6 Å². The fraction of sp³-hybridized carbons (Fsp3) is 0.529. The summed E-state index contributed by atoms with van der Waals surface area (Å²) in [4.78, 5) is 4.70. The topological polar surface area (TPSA) is 41.6 Å². The largest absolute Gasteiger partial charge is 0.325 e. The first-order valence-corrected chi connectivity index (χ1v) is 8.17. The average molecular weight is 304 g/mol. The second-order valence-electron chi connectivity index (χ2n) is 5.44. The molecule has 0 bridgehead atoms. The normalized spacial score (nSPS) is 12.8. The quantitative estimate of drug-likeness (QED) is 0.727. The second-order valence-corrected chi connectivity index (χ2v) is 5.82. The summed E-state index contributed by atoms with van der Waals surface area (Å²) in [7, 11) is 0. The minimum atomic E-state index is 0.358. The lowest BCUT2D eigenvalue weighted by atomic mass is 9.95. The van der Waals surface area contributed by atoms with Crippen LogP contribution in [0.2, 0.25) is 0 Å². The monoisotopic (exact) mass is 303 g/mol. The zero-order chi connectivity index (χ0) is 15.4. The summed E-state index contributed by atoms with van der Waals surface area (Å²) in [6.07, 6.45) is 3.00. The Labute approximate surface area is 131 Å². The predicted octanol–water partition coefficient (Wildman–Crippen LogP) is 4.69. The lowest BCUT2D eigenvalue weighted by Gasteiger charge is -2.25. The molecule has 0 saturated heterocycles. The van der Waals surface area contributed by atoms with Gasteiger partial charge in [0.05, 0.1) is 11.1 Å². The first kappa shape index (κ1) is 15.9. The zero-order valence-corrected chi connectivity index (χ0v) is 13.7. The number of rotatable bonds is 6. The van der Waals surface area contributed by atoms with Crippen LogP contribution in [0.1, 0.15) is 51.0 Å². The van der Waals surface area contributed by atoms with Gasteiger partial charge in [-0.1, -0.05) is 32.8 Å². The molecule has 112 valence electrons. The van der Waals surface area contributed by atoms with Gasteiger partial charge in [-0.05, 0) is 25.0 Å². The van der Waals surface area contributed by atoms with Gasteiger partial charge < -0.3 is 4.57 Å². The number of imidazole rings is 1. The lowest BCUT2D eigenvalue weighted by Crippen LogP contribution is -2.18. The molecule has 3 nitrogen and oxygen atoms in total. The van der Waals surface area contributed by atoms with Crippen molar-refractivity contribution in [2.75, 3.05) is 5.88 Å². The molecule has 1 atom stereocenters. The van der Waals surface area contributed by atoms with Gasteiger partial charge in [0.1, 0.15) is 17.4 Å². The van der Waals surface area contributed by atoms with Gasteiger partial charge in [-0.2, -0.15) is 5.26 Å². The van der Waals surface area contributed by atoms with Crippen LogP contribution in [0, 0.1) is 17.2 Å². The molecule has 0 N–H and O–H groups in total. The van der Waals surface area contributed by atoms with Gasteiger partial charge >= 0.3 is 0 Å². The Bertz CT molecular complexity index is 650. The molecule has 0 aliphatic carbocycles. The van der Waals surface area contributed by atoms with Gasteiger partial charge in [-0.25, -0.2) is 4.98 Å². The van der Waals surface area contributed by atoms with Crippen LogP contribution in [0.5, 0.6) is 0 Å². The third-order valence-electron chi connectivity index (χ3n) is 4.37. The summed E-state index contributed by atoms with van der Waals surface area (Å²) in [6, 6.07) is 8.41. The molecule has 2 aromatic rings. The molecule has 0 fully saturated rings. The van der Waals surface area contributed by atoms with Crippen molar-refractivity contribution in [1.29, 1.82) is 5.26 Å². The Morgan fingerprint density at radius 2 is 2.05 bits per heavy atom. The number of alkyl halides is 1. The van der Waals surface area contributed by atoms with Gasteiger partial charge in [0.2, 0.25) is 0 Å². The molecule has 2 rings (SSSR count). The molecule has 0 radical (unpaired) electrons. The molecule has 1 heterocycles. The van der Waals surface area contributed by atoms with Crippen LogP contribution in [-0.2, 0) is 6.42 Å². The van der Waals surface area contributed by atoms with Crippen molar-refractivity contribution < 1.29 is 0 Å². The van der Waals surface area contributed by atoms with Crippen molar-refractivity contribution in [3.05, 3.63) is 29.6 Å². The smallest absolute Gasteiger partial charge is 0.111 e. The molecule has 1 aromatic heterocycles. The molecule has 1 unspecified atom stereocenters. The third kappa shape index (κ3) is 2.91. The molecular formula is C17H22ClN3. The van der Waals surface area contributed by atoms with Crippen molar-refractivity contribution in [2.45, 2.75) is 46.1 Å². The van der Waals surface area contributed by atoms with Crippen LogP contribution in [0.3, 0.4) is 0 Å². The number of nitrogens with zero attached hydrogens (tertiary/aromatic N) is 3. The molecule has 0 aliphatic rings. The van der Waals surface area contributed by atoms with Gasteiger partial charge in [0, 0.05) is 18.3 Å². The maximum Gasteiger partial charge on any atom is 0.111 e. The van der Waals surface area contributed by atoms with Crippen LogP contribution in [0.4, 0.5) is 0 Å². The Kier molecular flexibility index (Phi) is 5.25. The number of nitriles is 1. The van der Waals surface area contributed by atoms with Gasteiger partial charge in [0.15, 0.2) is 0 Å². The van der Waals surface area contributed by atoms with Crippen LogP contribution in [0.15, 0.2) is 18.2 Å². The molecule has 0 amide bonds. The van der Waals surface area contributed by atoms with E-state index in [2.05, 4.69) is 37.5 Å². The van der Waals surface area contributed by atoms with Crippen LogP contribution < -0.4 is 0 Å². The molecule has 21 heavy (non-hydrogen) atoms. The summed E-state index contributed by atoms with van der Waals surface area (Å²) in [6.45, 7) is 6.70. The van der Waals surface area contributed by atoms with Crippen molar-refractivity contribution in [1.82, 2.24) is 9.55 Å². The maximum absolute atomic E-state index is 9.28. The molecule has 0 spiro atoms. The van der Waals surface area contributed by atoms with E-state index in [1.54, 1.807) is 0 Å². The highest BCUT2D eigenvalue weighted by molar-refractivity contribution is 6.17. The standard InChI is InChI=1S/C17H22ClN3/c1-4-13(5-2)12(3)21-15-8-6-7-14(11-19)17(15)20-16(21)9-10-18/h6-8,12-13H,4-5,9-10H2,1-3H3. The van der Waals surface area contributed by atoms with Gasteiger partial charge in [0.25, 0.3) is 0 Å². The first-order chi connectivity index (χ1) is 10.2. The minimum Gasteiger partial charge on any atom is -0.325 e. The number of aromatic nitrogens is 2. The van der Waals surface area contributed by atoms with Crippen molar-refractivity contribution in [3.63, 3.8) is 0 Å². The number of para-hydroxylation sites is 1. The van der Waals surface area contributed by atoms with E-state index in [-0.39, 0.29) is 0 Å². The molecular weight excluding hydrogens is 282 g/mol. The third-order valence-corrected chi connectivity index (χ3v) is 4.56. The number of fused-ring (bicyclic) bond motifs is 1. The van der Waals surface area contributed by atoms with Crippen LogP contribution >= 0.6 is 11.6 Å². The first-order valence-electron chi connectivity index (χ1n) is 7.63. The maximum atomic E-state index is 9.28. The van der Waals surface area contributed by atoms with Crippen LogP contribution in [0.25, 0.3) is 11.0 Å². The summed E-state index contributed by atoms with van der Waals surface area (Å²) < 4.78 is 2.29. The van der Waals surface area contributed by atoms with Crippen molar-refractivity contribution in [3.8, 4) is 6.07 Å². The molecule has 1 aromatic carbocycles. The predicted molar refractivity (Wildman–Crippen MR) is 87.7 cm³/mol. The summed E-state index contributed by atoms with van der Waals surface area (Å²) in [5, 5.41) is 9.28. The van der Waals surface area contributed by atoms with Gasteiger partial charge in [-0.15, -0.1) is 11.6 Å². The number of aryl methyl sites for hydroxylation is 1. The van der Waals surface area contributed by atoms with E-state index >= 15 is 0 Å². The summed E-state index contributed by atoms with van der Waals surface area (Å²) >= 11 is 5.94. The highest BCUT2D eigenvalue weighted by Crippen LogP contribution is 2.31. The SMILES string of the molecule is CCC(CC)C(C)n1c(CCCl)nc2c(C#N)cccc21. The molecule has 0 aliphatic heterocycles. The Balaban J connectivity index is 2.64. The number of halogens is 1. The lowest BCUT2D eigenvalue weighted by molar-refractivity contribution is 0.333. The van der Waals surface area contributed by atoms with E-state index in [1.807, 2.05) is 12.1 Å². The zero-order valence-electron chi connectivity index (χ0n) is 12.9. The molecule has 0 saturated carbocycles. The van der Waals surface area contributed by atoms with Crippen molar-refractivity contribution in [2.24, 2.45) is 5.92 Å². The molecule has 4 heteroatoms. The number of benzene rings is 1.